The summed E-state index contributed by atoms with van der Waals surface area (Å²) < 4.78 is 7.19. The molecule has 5 heteroatoms. The average molecular weight is 363 g/mol. The van der Waals surface area contributed by atoms with E-state index < -0.39 is 0 Å². The van der Waals surface area contributed by atoms with Gasteiger partial charge in [0.2, 0.25) is 0 Å². The molecule has 0 aliphatic carbocycles. The largest absolute Gasteiger partial charge is 0.497 e. The predicted octanol–water partition coefficient (Wildman–Crippen LogP) is 4.43. The minimum atomic E-state index is -0.117. The highest BCUT2D eigenvalue weighted by Gasteiger charge is 2.16. The lowest BCUT2D eigenvalue weighted by atomic mass is 10.1. The molecule has 0 atom stereocenters. The van der Waals surface area contributed by atoms with Gasteiger partial charge in [-0.3, -0.25) is 9.48 Å². The van der Waals surface area contributed by atoms with E-state index in [1.165, 1.54) is 0 Å². The van der Waals surface area contributed by atoms with Gasteiger partial charge in [0.05, 0.1) is 30.7 Å². The minimum absolute atomic E-state index is 0.117. The minimum Gasteiger partial charge on any atom is -0.497 e. The van der Waals surface area contributed by atoms with E-state index in [-0.39, 0.29) is 5.91 Å². The maximum absolute atomic E-state index is 12.7. The molecule has 0 unspecified atom stereocenters. The van der Waals surface area contributed by atoms with E-state index >= 15 is 0 Å². The summed E-state index contributed by atoms with van der Waals surface area (Å²) in [6.07, 6.45) is 0. The number of amides is 1. The molecular formula is C22H25N3O2. The monoisotopic (exact) mass is 363 g/mol. The zero-order valence-corrected chi connectivity index (χ0v) is 16.5. The van der Waals surface area contributed by atoms with E-state index in [9.17, 15) is 4.79 Å². The lowest BCUT2D eigenvalue weighted by Crippen LogP contribution is -2.14. The molecule has 2 aromatic carbocycles. The number of nitrogens with zero attached hydrogens (tertiary/aromatic N) is 2. The number of hydrogen-bond donors (Lipinski definition) is 1. The quantitative estimate of drug-likeness (QED) is 0.730. The second-order valence-electron chi connectivity index (χ2n) is 6.89. The Morgan fingerprint density at radius 2 is 1.78 bits per heavy atom. The molecule has 1 aromatic heterocycles. The van der Waals surface area contributed by atoms with Crippen LogP contribution in [0.25, 0.3) is 0 Å². The van der Waals surface area contributed by atoms with Crippen molar-refractivity contribution < 1.29 is 9.53 Å². The lowest BCUT2D eigenvalue weighted by molar-refractivity contribution is 0.102. The van der Waals surface area contributed by atoms with Gasteiger partial charge in [-0.2, -0.15) is 5.10 Å². The van der Waals surface area contributed by atoms with Crippen LogP contribution in [0, 0.1) is 27.7 Å². The summed E-state index contributed by atoms with van der Waals surface area (Å²) >= 11 is 0. The van der Waals surface area contributed by atoms with Crippen molar-refractivity contribution in [2.24, 2.45) is 0 Å². The summed E-state index contributed by atoms with van der Waals surface area (Å²) in [4.78, 5) is 12.7. The van der Waals surface area contributed by atoms with Crippen molar-refractivity contribution in [2.45, 2.75) is 34.2 Å². The number of aromatic nitrogens is 2. The predicted molar refractivity (Wildman–Crippen MR) is 108 cm³/mol. The molecule has 1 heterocycles. The van der Waals surface area contributed by atoms with Gasteiger partial charge in [0.15, 0.2) is 0 Å². The molecule has 0 fully saturated rings. The number of ether oxygens (including phenoxy) is 1. The number of aryl methyl sites for hydroxylation is 3. The Hall–Kier alpha value is -3.08. The summed E-state index contributed by atoms with van der Waals surface area (Å²) in [5.41, 5.74) is 6.38. The van der Waals surface area contributed by atoms with Gasteiger partial charge in [-0.05, 0) is 57.5 Å². The van der Waals surface area contributed by atoms with Crippen LogP contribution in [0.1, 0.15) is 38.4 Å². The standard InChI is InChI=1S/C22H25N3O2/c1-14-9-15(2)11-19(10-14)22(26)23-21-16(3)24-25(17(21)4)13-18-7-6-8-20(12-18)27-5/h6-12H,13H2,1-5H3,(H,23,26). The molecule has 1 N–H and O–H groups in total. The van der Waals surface area contributed by atoms with Crippen LogP contribution in [0.4, 0.5) is 5.69 Å². The van der Waals surface area contributed by atoms with E-state index in [1.807, 2.05) is 68.8 Å². The molecule has 0 aliphatic rings. The summed E-state index contributed by atoms with van der Waals surface area (Å²) in [6, 6.07) is 13.8. The summed E-state index contributed by atoms with van der Waals surface area (Å²) in [5, 5.41) is 7.63. The number of carbonyl (C=O) groups excluding carboxylic acids is 1. The highest BCUT2D eigenvalue weighted by Crippen LogP contribution is 2.22. The van der Waals surface area contributed by atoms with E-state index in [1.54, 1.807) is 7.11 Å². The van der Waals surface area contributed by atoms with Crippen LogP contribution in [0.15, 0.2) is 42.5 Å². The number of anilines is 1. The van der Waals surface area contributed by atoms with Gasteiger partial charge in [0.1, 0.15) is 5.75 Å². The van der Waals surface area contributed by atoms with E-state index in [0.29, 0.717) is 12.1 Å². The molecule has 27 heavy (non-hydrogen) atoms. The van der Waals surface area contributed by atoms with Crippen molar-refractivity contribution in [3.8, 4) is 5.75 Å². The Labute approximate surface area is 160 Å². The van der Waals surface area contributed by atoms with Crippen LogP contribution < -0.4 is 10.1 Å². The Morgan fingerprint density at radius 1 is 1.07 bits per heavy atom. The summed E-state index contributed by atoms with van der Waals surface area (Å²) in [6.45, 7) is 8.48. The maximum atomic E-state index is 12.7. The first-order valence-corrected chi connectivity index (χ1v) is 8.94. The second kappa shape index (κ2) is 7.66. The first kappa shape index (κ1) is 18.7. The van der Waals surface area contributed by atoms with Crippen LogP contribution >= 0.6 is 0 Å². The van der Waals surface area contributed by atoms with Crippen LogP contribution in [0.2, 0.25) is 0 Å². The Bertz CT molecular complexity index is 969. The van der Waals surface area contributed by atoms with E-state index in [2.05, 4.69) is 16.5 Å². The van der Waals surface area contributed by atoms with Crippen LogP contribution in [0.3, 0.4) is 0 Å². The number of rotatable bonds is 5. The van der Waals surface area contributed by atoms with Gasteiger partial charge in [-0.25, -0.2) is 0 Å². The van der Waals surface area contributed by atoms with Crippen LogP contribution in [-0.4, -0.2) is 22.8 Å². The molecule has 0 saturated heterocycles. The fourth-order valence-electron chi connectivity index (χ4n) is 3.27. The highest BCUT2D eigenvalue weighted by atomic mass is 16.5. The molecule has 140 valence electrons. The fourth-order valence-corrected chi connectivity index (χ4v) is 3.27. The van der Waals surface area contributed by atoms with Crippen LogP contribution in [-0.2, 0) is 6.54 Å². The van der Waals surface area contributed by atoms with Crippen LogP contribution in [0.5, 0.6) is 5.75 Å². The topological polar surface area (TPSA) is 56.1 Å². The molecule has 3 aromatic rings. The molecule has 0 spiro atoms. The second-order valence-corrected chi connectivity index (χ2v) is 6.89. The van der Waals surface area contributed by atoms with Gasteiger partial charge in [-0.15, -0.1) is 0 Å². The third-order valence-corrected chi connectivity index (χ3v) is 4.57. The van der Waals surface area contributed by atoms with Crippen molar-refractivity contribution >= 4 is 11.6 Å². The van der Waals surface area contributed by atoms with Crippen molar-refractivity contribution in [2.75, 3.05) is 12.4 Å². The first-order valence-electron chi connectivity index (χ1n) is 8.94. The molecule has 5 nitrogen and oxygen atoms in total. The van der Waals surface area contributed by atoms with E-state index in [4.69, 9.17) is 4.74 Å². The molecule has 0 radical (unpaired) electrons. The number of hydrogen-bond acceptors (Lipinski definition) is 3. The van der Waals surface area contributed by atoms with Gasteiger partial charge in [-0.1, -0.05) is 29.3 Å². The number of nitrogens with one attached hydrogen (secondary N) is 1. The molecular weight excluding hydrogens is 338 g/mol. The van der Waals surface area contributed by atoms with Gasteiger partial charge in [0.25, 0.3) is 5.91 Å². The number of carbonyl (C=O) groups is 1. The normalized spacial score (nSPS) is 10.7. The third kappa shape index (κ3) is 4.19. The summed E-state index contributed by atoms with van der Waals surface area (Å²) in [5.74, 6) is 0.700. The Morgan fingerprint density at radius 3 is 2.44 bits per heavy atom. The fraction of sp³-hybridized carbons (Fsp3) is 0.273. The van der Waals surface area contributed by atoms with Crippen molar-refractivity contribution in [3.63, 3.8) is 0 Å². The zero-order chi connectivity index (χ0) is 19.6. The van der Waals surface area contributed by atoms with Gasteiger partial charge < -0.3 is 10.1 Å². The highest BCUT2D eigenvalue weighted by molar-refractivity contribution is 6.05. The zero-order valence-electron chi connectivity index (χ0n) is 16.5. The smallest absolute Gasteiger partial charge is 0.255 e. The average Bonchev–Trinajstić information content (AvgIpc) is 2.88. The SMILES string of the molecule is COc1cccc(Cn2nc(C)c(NC(=O)c3cc(C)cc(C)c3)c2C)c1. The van der Waals surface area contributed by atoms with Crippen molar-refractivity contribution in [1.29, 1.82) is 0 Å². The maximum Gasteiger partial charge on any atom is 0.255 e. The van der Waals surface area contributed by atoms with E-state index in [0.717, 1.165) is 39.5 Å². The van der Waals surface area contributed by atoms with Gasteiger partial charge >= 0.3 is 0 Å². The Balaban J connectivity index is 1.83. The van der Waals surface area contributed by atoms with Gasteiger partial charge in [0, 0.05) is 5.56 Å². The Kier molecular flexibility index (Phi) is 5.31. The molecule has 0 bridgehead atoms. The molecule has 1 amide bonds. The number of methoxy groups -OCH3 is 1. The number of benzene rings is 2. The molecule has 0 aliphatic heterocycles. The molecule has 0 saturated carbocycles. The molecule has 3 rings (SSSR count). The summed E-state index contributed by atoms with van der Waals surface area (Å²) in [7, 11) is 1.66. The third-order valence-electron chi connectivity index (χ3n) is 4.57. The lowest BCUT2D eigenvalue weighted by Gasteiger charge is -2.09. The van der Waals surface area contributed by atoms with Crippen molar-refractivity contribution in [3.05, 3.63) is 76.1 Å². The first-order chi connectivity index (χ1) is 12.9. The van der Waals surface area contributed by atoms with Crippen molar-refractivity contribution in [1.82, 2.24) is 9.78 Å².